The molecule has 1 saturated carbocycles. The van der Waals surface area contributed by atoms with Crippen molar-refractivity contribution in [2.75, 3.05) is 6.61 Å². The van der Waals surface area contributed by atoms with Gasteiger partial charge in [-0.05, 0) is 45.4 Å². The van der Waals surface area contributed by atoms with Crippen LogP contribution in [-0.4, -0.2) is 23.7 Å². The molecule has 4 nitrogen and oxygen atoms in total. The van der Waals surface area contributed by atoms with E-state index in [1.54, 1.807) is 13.8 Å². The van der Waals surface area contributed by atoms with Crippen LogP contribution in [0.5, 0.6) is 0 Å². The standard InChI is InChI=1S/C20H34O4/c1-5-7-13-20(16-11-9-10-12-16,17(15(3)4)18(21)22)19(23)24-14-8-6-2/h16H,5-14H2,1-4H3,(H,21,22). The Morgan fingerprint density at radius 3 is 2.12 bits per heavy atom. The predicted octanol–water partition coefficient (Wildman–Crippen LogP) is 5.12. The van der Waals surface area contributed by atoms with E-state index in [0.717, 1.165) is 56.9 Å². The molecule has 1 N–H and O–H groups in total. The number of carboxylic acid groups (broad SMARTS) is 1. The molecule has 0 saturated heterocycles. The largest absolute Gasteiger partial charge is 0.478 e. The summed E-state index contributed by atoms with van der Waals surface area (Å²) in [4.78, 5) is 25.2. The zero-order valence-corrected chi connectivity index (χ0v) is 15.8. The molecule has 24 heavy (non-hydrogen) atoms. The van der Waals surface area contributed by atoms with Crippen molar-refractivity contribution in [3.05, 3.63) is 11.1 Å². The quantitative estimate of drug-likeness (QED) is 0.341. The topological polar surface area (TPSA) is 63.6 Å². The van der Waals surface area contributed by atoms with Crippen LogP contribution in [0.3, 0.4) is 0 Å². The van der Waals surface area contributed by atoms with Crippen molar-refractivity contribution in [2.24, 2.45) is 11.3 Å². The molecule has 1 aliphatic carbocycles. The Bertz CT molecular complexity index is 456. The minimum absolute atomic E-state index is 0.0826. The van der Waals surface area contributed by atoms with Gasteiger partial charge in [0.05, 0.1) is 12.2 Å². The molecule has 1 aliphatic rings. The van der Waals surface area contributed by atoms with Crippen molar-refractivity contribution in [2.45, 2.75) is 85.5 Å². The van der Waals surface area contributed by atoms with E-state index in [-0.39, 0.29) is 17.5 Å². The number of hydrogen-bond acceptors (Lipinski definition) is 3. The summed E-state index contributed by atoms with van der Waals surface area (Å²) in [5, 5.41) is 9.89. The van der Waals surface area contributed by atoms with Crippen LogP contribution in [0.1, 0.15) is 85.5 Å². The molecule has 0 radical (unpaired) electrons. The van der Waals surface area contributed by atoms with Gasteiger partial charge in [0.1, 0.15) is 5.41 Å². The second-order valence-electron chi connectivity index (χ2n) is 7.23. The molecule has 1 unspecified atom stereocenters. The lowest BCUT2D eigenvalue weighted by Gasteiger charge is -2.38. The average molecular weight is 338 g/mol. The van der Waals surface area contributed by atoms with E-state index in [4.69, 9.17) is 4.74 Å². The van der Waals surface area contributed by atoms with E-state index in [1.807, 2.05) is 6.92 Å². The normalized spacial score (nSPS) is 17.3. The fraction of sp³-hybridized carbons (Fsp3) is 0.800. The Hall–Kier alpha value is -1.32. The van der Waals surface area contributed by atoms with Crippen LogP contribution in [0, 0.1) is 11.3 Å². The van der Waals surface area contributed by atoms with Crippen LogP contribution in [0.15, 0.2) is 11.1 Å². The zero-order chi connectivity index (χ0) is 18.2. The van der Waals surface area contributed by atoms with Crippen LogP contribution in [0.2, 0.25) is 0 Å². The highest BCUT2D eigenvalue weighted by molar-refractivity contribution is 5.98. The maximum Gasteiger partial charge on any atom is 0.332 e. The molecule has 0 aromatic carbocycles. The van der Waals surface area contributed by atoms with Gasteiger partial charge in [-0.25, -0.2) is 4.79 Å². The van der Waals surface area contributed by atoms with Gasteiger partial charge in [-0.1, -0.05) is 51.5 Å². The zero-order valence-electron chi connectivity index (χ0n) is 15.8. The van der Waals surface area contributed by atoms with Crippen LogP contribution >= 0.6 is 0 Å². The first kappa shape index (κ1) is 20.7. The lowest BCUT2D eigenvalue weighted by Crippen LogP contribution is -2.44. The van der Waals surface area contributed by atoms with Crippen LogP contribution in [-0.2, 0) is 14.3 Å². The number of carbonyl (C=O) groups is 2. The van der Waals surface area contributed by atoms with Gasteiger partial charge in [-0.2, -0.15) is 0 Å². The second-order valence-corrected chi connectivity index (χ2v) is 7.23. The van der Waals surface area contributed by atoms with E-state index in [9.17, 15) is 14.7 Å². The van der Waals surface area contributed by atoms with E-state index < -0.39 is 11.4 Å². The fourth-order valence-electron chi connectivity index (χ4n) is 4.07. The Morgan fingerprint density at radius 1 is 1.08 bits per heavy atom. The summed E-state index contributed by atoms with van der Waals surface area (Å²) in [6.45, 7) is 8.11. The predicted molar refractivity (Wildman–Crippen MR) is 95.8 cm³/mol. The molecule has 1 atom stereocenters. The molecule has 0 heterocycles. The first-order chi connectivity index (χ1) is 11.4. The molecule has 1 rings (SSSR count). The third kappa shape index (κ3) is 4.61. The third-order valence-corrected chi connectivity index (χ3v) is 5.23. The fourth-order valence-corrected chi connectivity index (χ4v) is 4.07. The molecular formula is C20H34O4. The van der Waals surface area contributed by atoms with E-state index in [2.05, 4.69) is 6.92 Å². The van der Waals surface area contributed by atoms with E-state index >= 15 is 0 Å². The minimum atomic E-state index is -0.981. The first-order valence-corrected chi connectivity index (χ1v) is 9.50. The summed E-state index contributed by atoms with van der Waals surface area (Å²) < 4.78 is 5.60. The monoisotopic (exact) mass is 338 g/mol. The summed E-state index contributed by atoms with van der Waals surface area (Å²) in [5.41, 5.74) is 0.0209. The highest BCUT2D eigenvalue weighted by Gasteiger charge is 2.52. The molecular weight excluding hydrogens is 304 g/mol. The van der Waals surface area contributed by atoms with Gasteiger partial charge in [0.25, 0.3) is 0 Å². The number of rotatable bonds is 10. The second kappa shape index (κ2) is 9.85. The van der Waals surface area contributed by atoms with E-state index in [0.29, 0.717) is 13.0 Å². The summed E-state index contributed by atoms with van der Waals surface area (Å²) >= 11 is 0. The molecule has 0 aromatic heterocycles. The number of carboxylic acids is 1. The highest BCUT2D eigenvalue weighted by atomic mass is 16.5. The van der Waals surface area contributed by atoms with E-state index in [1.165, 1.54) is 0 Å². The van der Waals surface area contributed by atoms with Crippen molar-refractivity contribution in [1.82, 2.24) is 0 Å². The summed E-state index contributed by atoms with van der Waals surface area (Å²) in [6, 6.07) is 0. The Labute approximate surface area is 146 Å². The number of unbranched alkanes of at least 4 members (excludes halogenated alkanes) is 2. The van der Waals surface area contributed by atoms with Gasteiger partial charge in [0, 0.05) is 0 Å². The summed E-state index contributed by atoms with van der Waals surface area (Å²) in [7, 11) is 0. The maximum absolute atomic E-state index is 13.2. The molecule has 0 spiro atoms. The van der Waals surface area contributed by atoms with Gasteiger partial charge >= 0.3 is 11.9 Å². The van der Waals surface area contributed by atoms with Crippen molar-refractivity contribution in [1.29, 1.82) is 0 Å². The van der Waals surface area contributed by atoms with Gasteiger partial charge < -0.3 is 9.84 Å². The number of esters is 1. The van der Waals surface area contributed by atoms with Crippen LogP contribution in [0.25, 0.3) is 0 Å². The van der Waals surface area contributed by atoms with Gasteiger partial charge in [-0.3, -0.25) is 4.79 Å². The number of carbonyl (C=O) groups excluding carboxylic acids is 1. The minimum Gasteiger partial charge on any atom is -0.478 e. The van der Waals surface area contributed by atoms with Gasteiger partial charge in [0.15, 0.2) is 0 Å². The Morgan fingerprint density at radius 2 is 1.67 bits per heavy atom. The van der Waals surface area contributed by atoms with Gasteiger partial charge in [0.2, 0.25) is 0 Å². The smallest absolute Gasteiger partial charge is 0.332 e. The van der Waals surface area contributed by atoms with Gasteiger partial charge in [-0.15, -0.1) is 0 Å². The summed E-state index contributed by atoms with van der Waals surface area (Å²) in [6.07, 6.45) is 8.08. The summed E-state index contributed by atoms with van der Waals surface area (Å²) in [5.74, 6) is -1.19. The van der Waals surface area contributed by atoms with Crippen molar-refractivity contribution in [3.8, 4) is 0 Å². The number of ether oxygens (including phenoxy) is 1. The van der Waals surface area contributed by atoms with Crippen molar-refractivity contribution >= 4 is 11.9 Å². The SMILES string of the molecule is CCCCOC(=O)C(CCCC)(C(C(=O)O)=C(C)C)C1CCCC1. The number of aliphatic carboxylic acids is 1. The number of hydrogen-bond donors (Lipinski definition) is 1. The first-order valence-electron chi connectivity index (χ1n) is 9.50. The molecule has 0 bridgehead atoms. The van der Waals surface area contributed by atoms with Crippen LogP contribution < -0.4 is 0 Å². The maximum atomic E-state index is 13.2. The average Bonchev–Trinajstić information content (AvgIpc) is 3.05. The molecule has 0 aliphatic heterocycles. The number of allylic oxidation sites excluding steroid dienone is 1. The van der Waals surface area contributed by atoms with Crippen molar-refractivity contribution in [3.63, 3.8) is 0 Å². The highest BCUT2D eigenvalue weighted by Crippen LogP contribution is 2.50. The molecule has 138 valence electrons. The van der Waals surface area contributed by atoms with Crippen molar-refractivity contribution < 1.29 is 19.4 Å². The molecule has 1 fully saturated rings. The molecule has 4 heteroatoms. The lowest BCUT2D eigenvalue weighted by atomic mass is 9.64. The van der Waals surface area contributed by atoms with Crippen LogP contribution in [0.4, 0.5) is 0 Å². The molecule has 0 amide bonds. The third-order valence-electron chi connectivity index (χ3n) is 5.23. The Kier molecular flexibility index (Phi) is 8.51. The molecule has 0 aromatic rings. The lowest BCUT2D eigenvalue weighted by molar-refractivity contribution is -0.160. The Balaban J connectivity index is 3.34.